The van der Waals surface area contributed by atoms with E-state index in [1.54, 1.807) is 19.2 Å². The second kappa shape index (κ2) is 4.99. The highest BCUT2D eigenvalue weighted by Crippen LogP contribution is 2.27. The van der Waals surface area contributed by atoms with Gasteiger partial charge in [0.25, 0.3) is 10.0 Å². The van der Waals surface area contributed by atoms with E-state index >= 15 is 0 Å². The van der Waals surface area contributed by atoms with Gasteiger partial charge < -0.3 is 5.73 Å². The molecule has 5 nitrogen and oxygen atoms in total. The van der Waals surface area contributed by atoms with Crippen LogP contribution in [0.4, 0.5) is 10.8 Å². The summed E-state index contributed by atoms with van der Waals surface area (Å²) in [5.74, 6) is 0. The lowest BCUT2D eigenvalue weighted by molar-refractivity contribution is 0.601. The Balaban J connectivity index is 2.40. The van der Waals surface area contributed by atoms with Crippen LogP contribution in [0.25, 0.3) is 0 Å². The molecule has 0 unspecified atom stereocenters. The first-order chi connectivity index (χ1) is 8.79. The van der Waals surface area contributed by atoms with Crippen molar-refractivity contribution in [2.24, 2.45) is 0 Å². The van der Waals surface area contributed by atoms with E-state index < -0.39 is 10.0 Å². The van der Waals surface area contributed by atoms with Gasteiger partial charge in [-0.15, -0.1) is 11.3 Å². The minimum absolute atomic E-state index is 0.0217. The Morgan fingerprint density at radius 2 is 2.05 bits per heavy atom. The monoisotopic (exact) mass is 317 g/mol. The van der Waals surface area contributed by atoms with Crippen LogP contribution >= 0.6 is 22.9 Å². The first-order valence-corrected chi connectivity index (χ1v) is 8.04. The number of nitrogens with zero attached hydrogens (tertiary/aromatic N) is 1. The molecule has 0 aliphatic rings. The average molecular weight is 318 g/mol. The van der Waals surface area contributed by atoms with Crippen LogP contribution in [-0.4, -0.2) is 13.4 Å². The van der Waals surface area contributed by atoms with Crippen LogP contribution in [0.1, 0.15) is 11.3 Å². The third-order valence-corrected chi connectivity index (χ3v) is 5.22. The maximum atomic E-state index is 12.2. The van der Waals surface area contributed by atoms with E-state index in [0.29, 0.717) is 21.4 Å². The largest absolute Gasteiger partial charge is 0.398 e. The van der Waals surface area contributed by atoms with E-state index in [2.05, 4.69) is 9.71 Å². The van der Waals surface area contributed by atoms with Crippen molar-refractivity contribution in [3.05, 3.63) is 33.8 Å². The second-order valence-electron chi connectivity index (χ2n) is 4.02. The van der Waals surface area contributed by atoms with Crippen molar-refractivity contribution in [3.8, 4) is 0 Å². The molecular formula is C11H12ClN3O2S2. The van der Waals surface area contributed by atoms with Crippen molar-refractivity contribution in [2.45, 2.75) is 18.7 Å². The lowest BCUT2D eigenvalue weighted by atomic mass is 10.2. The summed E-state index contributed by atoms with van der Waals surface area (Å²) < 4.78 is 26.7. The molecule has 0 aliphatic carbocycles. The number of anilines is 2. The molecule has 19 heavy (non-hydrogen) atoms. The normalized spacial score (nSPS) is 11.5. The summed E-state index contributed by atoms with van der Waals surface area (Å²) in [6.07, 6.45) is 0. The van der Waals surface area contributed by atoms with Crippen LogP contribution in [0, 0.1) is 13.8 Å². The van der Waals surface area contributed by atoms with Gasteiger partial charge in [-0.1, -0.05) is 11.6 Å². The van der Waals surface area contributed by atoms with Crippen molar-refractivity contribution in [2.75, 3.05) is 10.5 Å². The molecule has 0 saturated heterocycles. The van der Waals surface area contributed by atoms with Gasteiger partial charge in [-0.3, -0.25) is 4.72 Å². The van der Waals surface area contributed by atoms with Gasteiger partial charge in [0.15, 0.2) is 5.13 Å². The molecule has 0 aliphatic heterocycles. The number of aryl methyl sites for hydroxylation is 1. The number of sulfonamides is 1. The van der Waals surface area contributed by atoms with Crippen molar-refractivity contribution >= 4 is 43.8 Å². The smallest absolute Gasteiger partial charge is 0.263 e. The van der Waals surface area contributed by atoms with Gasteiger partial charge in [0, 0.05) is 16.1 Å². The Morgan fingerprint density at radius 1 is 1.37 bits per heavy atom. The summed E-state index contributed by atoms with van der Waals surface area (Å²) in [4.78, 5) is 4.07. The third kappa shape index (κ3) is 2.99. The molecule has 0 radical (unpaired) electrons. The van der Waals surface area contributed by atoms with E-state index in [9.17, 15) is 8.42 Å². The molecule has 0 amide bonds. The first-order valence-electron chi connectivity index (χ1n) is 5.30. The summed E-state index contributed by atoms with van der Waals surface area (Å²) in [6, 6.07) is 2.75. The molecule has 1 aromatic heterocycles. The highest BCUT2D eigenvalue weighted by Gasteiger charge is 2.18. The number of nitrogens with two attached hydrogens (primary N) is 1. The molecule has 0 saturated carbocycles. The minimum atomic E-state index is -3.73. The molecule has 1 aromatic carbocycles. The predicted molar refractivity (Wildman–Crippen MR) is 78.3 cm³/mol. The number of hydrogen-bond acceptors (Lipinski definition) is 5. The fourth-order valence-electron chi connectivity index (χ4n) is 1.40. The summed E-state index contributed by atoms with van der Waals surface area (Å²) in [7, 11) is -3.73. The number of hydrogen-bond donors (Lipinski definition) is 2. The maximum absolute atomic E-state index is 12.2. The Kier molecular flexibility index (Phi) is 3.71. The molecule has 102 valence electrons. The van der Waals surface area contributed by atoms with Crippen LogP contribution in [-0.2, 0) is 10.0 Å². The summed E-state index contributed by atoms with van der Waals surface area (Å²) >= 11 is 7.16. The molecule has 8 heteroatoms. The molecule has 0 atom stereocenters. The van der Waals surface area contributed by atoms with Crippen LogP contribution in [0.5, 0.6) is 0 Å². The van der Waals surface area contributed by atoms with Crippen molar-refractivity contribution in [1.29, 1.82) is 0 Å². The van der Waals surface area contributed by atoms with Gasteiger partial charge in [0.05, 0.1) is 10.6 Å². The lowest BCUT2D eigenvalue weighted by Gasteiger charge is -2.09. The minimum Gasteiger partial charge on any atom is -0.398 e. The third-order valence-electron chi connectivity index (χ3n) is 2.51. The number of nitrogen functional groups attached to an aromatic ring is 1. The van der Waals surface area contributed by atoms with Gasteiger partial charge in [-0.2, -0.15) is 0 Å². The van der Waals surface area contributed by atoms with Crippen molar-refractivity contribution in [1.82, 2.24) is 4.98 Å². The van der Waals surface area contributed by atoms with Gasteiger partial charge in [0.2, 0.25) is 0 Å². The molecule has 0 fully saturated rings. The first kappa shape index (κ1) is 14.1. The zero-order valence-corrected chi connectivity index (χ0v) is 12.7. The molecule has 3 N–H and O–H groups in total. The van der Waals surface area contributed by atoms with Gasteiger partial charge >= 0.3 is 0 Å². The Labute approximate surface area is 120 Å². The Bertz CT molecular complexity index is 702. The predicted octanol–water partition coefficient (Wildman–Crippen LogP) is 2.80. The van der Waals surface area contributed by atoms with Gasteiger partial charge in [0.1, 0.15) is 0 Å². The molecule has 2 rings (SSSR count). The maximum Gasteiger partial charge on any atom is 0.263 e. The lowest BCUT2D eigenvalue weighted by Crippen LogP contribution is -2.13. The zero-order valence-electron chi connectivity index (χ0n) is 10.3. The number of nitrogens with one attached hydrogen (secondary N) is 1. The number of halogens is 1. The van der Waals surface area contributed by atoms with Crippen LogP contribution in [0.2, 0.25) is 5.02 Å². The highest BCUT2D eigenvalue weighted by atomic mass is 35.5. The van der Waals surface area contributed by atoms with Gasteiger partial charge in [-0.25, -0.2) is 13.4 Å². The van der Waals surface area contributed by atoms with Crippen molar-refractivity contribution < 1.29 is 8.42 Å². The van der Waals surface area contributed by atoms with E-state index in [0.717, 1.165) is 5.69 Å². The van der Waals surface area contributed by atoms with E-state index in [4.69, 9.17) is 17.3 Å². The number of thiazole rings is 1. The molecule has 0 spiro atoms. The van der Waals surface area contributed by atoms with E-state index in [-0.39, 0.29) is 4.90 Å². The number of rotatable bonds is 3. The SMILES string of the molecule is Cc1csc(NS(=O)(=O)c2cc(N)c(C)c(Cl)c2)n1. The standard InChI is InChI=1S/C11H12ClN3O2S2/c1-6-5-18-11(14-6)15-19(16,17)8-3-9(12)7(2)10(13)4-8/h3-5H,13H2,1-2H3,(H,14,15). The van der Waals surface area contributed by atoms with Crippen molar-refractivity contribution in [3.63, 3.8) is 0 Å². The van der Waals surface area contributed by atoms with Crippen LogP contribution < -0.4 is 10.5 Å². The fraction of sp³-hybridized carbons (Fsp3) is 0.182. The van der Waals surface area contributed by atoms with Gasteiger partial charge in [-0.05, 0) is 31.5 Å². The quantitative estimate of drug-likeness (QED) is 0.852. The zero-order chi connectivity index (χ0) is 14.2. The summed E-state index contributed by atoms with van der Waals surface area (Å²) in [5.41, 5.74) is 7.47. The summed E-state index contributed by atoms with van der Waals surface area (Å²) in [5, 5.41) is 2.39. The fourth-order valence-corrected chi connectivity index (χ4v) is 3.70. The molecule has 0 bridgehead atoms. The second-order valence-corrected chi connectivity index (χ2v) is 6.97. The highest BCUT2D eigenvalue weighted by molar-refractivity contribution is 7.93. The number of aromatic nitrogens is 1. The van der Waals surface area contributed by atoms with Crippen LogP contribution in [0.15, 0.2) is 22.4 Å². The average Bonchev–Trinajstić information content (AvgIpc) is 2.70. The molecular weight excluding hydrogens is 306 g/mol. The Morgan fingerprint density at radius 3 is 2.58 bits per heavy atom. The summed E-state index contributed by atoms with van der Waals surface area (Å²) in [6.45, 7) is 3.51. The molecule has 2 aromatic rings. The van der Waals surface area contributed by atoms with E-state index in [1.807, 2.05) is 0 Å². The van der Waals surface area contributed by atoms with Crippen LogP contribution in [0.3, 0.4) is 0 Å². The van der Waals surface area contributed by atoms with E-state index in [1.165, 1.54) is 23.5 Å². The molecule has 1 heterocycles. The number of benzene rings is 1. The Hall–Kier alpha value is -1.31. The topological polar surface area (TPSA) is 85.1 Å².